The van der Waals surface area contributed by atoms with E-state index < -0.39 is 5.54 Å². The van der Waals surface area contributed by atoms with Crippen LogP contribution in [-0.4, -0.2) is 34.1 Å². The van der Waals surface area contributed by atoms with Gasteiger partial charge in [0.25, 0.3) is 5.91 Å². The number of rotatable bonds is 3. The van der Waals surface area contributed by atoms with Crippen LogP contribution in [0.4, 0.5) is 0 Å². The summed E-state index contributed by atoms with van der Waals surface area (Å²) in [5.74, 6) is 0.135. The molecule has 2 atom stereocenters. The van der Waals surface area contributed by atoms with E-state index in [1.165, 1.54) is 0 Å². The number of aliphatic imine (C=N–C) groups is 1. The Bertz CT molecular complexity index is 493. The molecule has 2 aliphatic heterocycles. The maximum atomic E-state index is 12.5. The molecule has 0 aromatic rings. The fraction of sp³-hybridized carbons (Fsp3) is 0.500. The molecule has 2 heterocycles. The highest BCUT2D eigenvalue weighted by Crippen LogP contribution is 2.28. The average molecular weight is 261 g/mol. The van der Waals surface area contributed by atoms with Crippen LogP contribution in [0.1, 0.15) is 33.6 Å². The molecule has 0 saturated heterocycles. The Kier molecular flexibility index (Phi) is 3.55. The highest BCUT2D eigenvalue weighted by molar-refractivity contribution is 6.09. The van der Waals surface area contributed by atoms with E-state index in [0.717, 1.165) is 6.42 Å². The van der Waals surface area contributed by atoms with Gasteiger partial charge >= 0.3 is 0 Å². The zero-order valence-electron chi connectivity index (χ0n) is 11.5. The number of carbonyl (C=O) groups is 2. The molecule has 0 aliphatic carbocycles. The third-order valence-corrected chi connectivity index (χ3v) is 3.58. The Morgan fingerprint density at radius 3 is 3.00 bits per heavy atom. The number of nitrogens with zero attached hydrogens (tertiary/aromatic N) is 2. The third kappa shape index (κ3) is 2.45. The largest absolute Gasteiger partial charge is 0.352 e. The lowest BCUT2D eigenvalue weighted by Gasteiger charge is -2.42. The number of hydrogen-bond donors (Lipinski definition) is 1. The van der Waals surface area contributed by atoms with Crippen molar-refractivity contribution in [3.63, 3.8) is 0 Å². The fourth-order valence-corrected chi connectivity index (χ4v) is 2.16. The molecule has 0 spiro atoms. The Balaban J connectivity index is 2.29. The fourth-order valence-electron chi connectivity index (χ4n) is 2.16. The van der Waals surface area contributed by atoms with Crippen molar-refractivity contribution in [1.82, 2.24) is 10.2 Å². The van der Waals surface area contributed by atoms with Gasteiger partial charge in [0.05, 0.1) is 6.42 Å². The van der Waals surface area contributed by atoms with Gasteiger partial charge in [-0.05, 0) is 32.4 Å². The van der Waals surface area contributed by atoms with Gasteiger partial charge in [-0.2, -0.15) is 4.99 Å². The smallest absolute Gasteiger partial charge is 0.250 e. The minimum Gasteiger partial charge on any atom is -0.352 e. The number of carbonyl (C=O) groups excluding carboxylic acids is 2. The average Bonchev–Trinajstić information content (AvgIpc) is 2.38. The molecule has 0 aromatic heterocycles. The van der Waals surface area contributed by atoms with Crippen LogP contribution in [-0.2, 0) is 9.59 Å². The first-order valence-electron chi connectivity index (χ1n) is 6.54. The summed E-state index contributed by atoms with van der Waals surface area (Å²) in [6.07, 6.45) is 8.13. The molecule has 2 amide bonds. The summed E-state index contributed by atoms with van der Waals surface area (Å²) >= 11 is 0. The van der Waals surface area contributed by atoms with Crippen molar-refractivity contribution in [3.05, 3.63) is 24.4 Å². The molecular weight excluding hydrogens is 242 g/mol. The second-order valence-electron chi connectivity index (χ2n) is 5.17. The number of fused-ring (bicyclic) bond motifs is 1. The number of allylic oxidation sites excluding steroid dienone is 2. The lowest BCUT2D eigenvalue weighted by atomic mass is 9.91. The van der Waals surface area contributed by atoms with Crippen molar-refractivity contribution in [3.8, 4) is 0 Å². The molecule has 2 rings (SSSR count). The first-order valence-corrected chi connectivity index (χ1v) is 6.54. The Hall–Kier alpha value is -1.91. The third-order valence-electron chi connectivity index (χ3n) is 3.58. The summed E-state index contributed by atoms with van der Waals surface area (Å²) in [7, 11) is 0. The lowest BCUT2D eigenvalue weighted by molar-refractivity contribution is -0.135. The zero-order valence-corrected chi connectivity index (χ0v) is 11.5. The monoisotopic (exact) mass is 261 g/mol. The van der Waals surface area contributed by atoms with E-state index in [1.807, 2.05) is 19.9 Å². The molecule has 2 aliphatic rings. The van der Waals surface area contributed by atoms with E-state index in [9.17, 15) is 9.59 Å². The summed E-state index contributed by atoms with van der Waals surface area (Å²) in [5.41, 5.74) is -0.904. The SMILES string of the molecule is CCC(C)NC(=O)C1(C)CC(=O)N=C2C=CC=CN21. The first-order chi connectivity index (χ1) is 8.97. The van der Waals surface area contributed by atoms with Crippen LogP contribution in [0, 0.1) is 0 Å². The van der Waals surface area contributed by atoms with Gasteiger partial charge < -0.3 is 10.2 Å². The Morgan fingerprint density at radius 2 is 2.32 bits per heavy atom. The maximum Gasteiger partial charge on any atom is 0.250 e. The number of nitrogens with one attached hydrogen (secondary N) is 1. The molecule has 1 N–H and O–H groups in total. The van der Waals surface area contributed by atoms with Crippen LogP contribution in [0.25, 0.3) is 0 Å². The van der Waals surface area contributed by atoms with Gasteiger partial charge in [0, 0.05) is 12.2 Å². The second-order valence-corrected chi connectivity index (χ2v) is 5.17. The zero-order chi connectivity index (χ0) is 14.0. The van der Waals surface area contributed by atoms with E-state index in [0.29, 0.717) is 5.84 Å². The minimum absolute atomic E-state index is 0.0889. The van der Waals surface area contributed by atoms with Crippen LogP contribution >= 0.6 is 0 Å². The lowest BCUT2D eigenvalue weighted by Crippen LogP contribution is -2.60. The second kappa shape index (κ2) is 4.99. The van der Waals surface area contributed by atoms with Crippen LogP contribution in [0.5, 0.6) is 0 Å². The normalized spacial score (nSPS) is 26.8. The molecule has 102 valence electrons. The highest BCUT2D eigenvalue weighted by Gasteiger charge is 2.45. The van der Waals surface area contributed by atoms with Crippen molar-refractivity contribution >= 4 is 17.6 Å². The standard InChI is InChI=1S/C14H19N3O2/c1-4-10(2)15-13(19)14(3)9-12(18)16-11-7-5-6-8-17(11)14/h5-8,10H,4,9H2,1-3H3,(H,15,19). The molecule has 5 heteroatoms. The van der Waals surface area contributed by atoms with E-state index in [2.05, 4.69) is 10.3 Å². The summed E-state index contributed by atoms with van der Waals surface area (Å²) < 4.78 is 0. The molecule has 2 unspecified atom stereocenters. The van der Waals surface area contributed by atoms with Gasteiger partial charge in [-0.15, -0.1) is 0 Å². The molecule has 0 aromatic carbocycles. The van der Waals surface area contributed by atoms with Gasteiger partial charge in [-0.25, -0.2) is 0 Å². The summed E-state index contributed by atoms with van der Waals surface area (Å²) in [4.78, 5) is 29.9. The molecule has 0 saturated carbocycles. The van der Waals surface area contributed by atoms with E-state index >= 15 is 0 Å². The van der Waals surface area contributed by atoms with Crippen LogP contribution < -0.4 is 5.32 Å². The van der Waals surface area contributed by atoms with Gasteiger partial charge in [0.2, 0.25) is 5.91 Å². The predicted octanol–water partition coefficient (Wildman–Crippen LogP) is 1.37. The quantitative estimate of drug-likeness (QED) is 0.834. The summed E-state index contributed by atoms with van der Waals surface area (Å²) in [6, 6.07) is 0.0889. The van der Waals surface area contributed by atoms with Crippen LogP contribution in [0.3, 0.4) is 0 Å². The molecule has 0 bridgehead atoms. The Morgan fingerprint density at radius 1 is 1.58 bits per heavy atom. The predicted molar refractivity (Wildman–Crippen MR) is 73.5 cm³/mol. The topological polar surface area (TPSA) is 61.8 Å². The summed E-state index contributed by atoms with van der Waals surface area (Å²) in [5, 5.41) is 2.95. The van der Waals surface area contributed by atoms with Crippen LogP contribution in [0.2, 0.25) is 0 Å². The van der Waals surface area contributed by atoms with E-state index in [4.69, 9.17) is 0 Å². The molecule has 0 radical (unpaired) electrons. The Labute approximate surface area is 113 Å². The van der Waals surface area contributed by atoms with Gasteiger partial charge in [0.1, 0.15) is 11.4 Å². The van der Waals surface area contributed by atoms with Gasteiger partial charge in [-0.3, -0.25) is 9.59 Å². The van der Waals surface area contributed by atoms with Gasteiger partial charge in [-0.1, -0.05) is 13.0 Å². The number of amidine groups is 1. The van der Waals surface area contributed by atoms with Crippen LogP contribution in [0.15, 0.2) is 29.4 Å². The molecule has 19 heavy (non-hydrogen) atoms. The maximum absolute atomic E-state index is 12.5. The van der Waals surface area contributed by atoms with E-state index in [1.54, 1.807) is 30.2 Å². The van der Waals surface area contributed by atoms with Gasteiger partial charge in [0.15, 0.2) is 0 Å². The summed E-state index contributed by atoms with van der Waals surface area (Å²) in [6.45, 7) is 5.74. The first kappa shape index (κ1) is 13.5. The minimum atomic E-state index is -0.904. The molecule has 0 fully saturated rings. The highest BCUT2D eigenvalue weighted by atomic mass is 16.2. The van der Waals surface area contributed by atoms with Crippen molar-refractivity contribution in [2.24, 2.45) is 4.99 Å². The number of amides is 2. The van der Waals surface area contributed by atoms with Crippen molar-refractivity contribution in [1.29, 1.82) is 0 Å². The van der Waals surface area contributed by atoms with E-state index in [-0.39, 0.29) is 24.3 Å². The molecular formula is C14H19N3O2. The van der Waals surface area contributed by atoms with Crippen molar-refractivity contribution in [2.75, 3.05) is 0 Å². The van der Waals surface area contributed by atoms with Crippen molar-refractivity contribution in [2.45, 2.75) is 45.2 Å². The van der Waals surface area contributed by atoms with Crippen molar-refractivity contribution < 1.29 is 9.59 Å². The molecule has 5 nitrogen and oxygen atoms in total. The number of hydrogen-bond acceptors (Lipinski definition) is 3.